The molecule has 0 aliphatic heterocycles. The number of rotatable bonds is 4. The van der Waals surface area contributed by atoms with Gasteiger partial charge in [0.2, 0.25) is 0 Å². The van der Waals surface area contributed by atoms with Gasteiger partial charge in [0.05, 0.1) is 24.1 Å². The summed E-state index contributed by atoms with van der Waals surface area (Å²) in [6.45, 7) is -0.0891. The Kier molecular flexibility index (Phi) is 3.92. The summed E-state index contributed by atoms with van der Waals surface area (Å²) in [4.78, 5) is 25.6. The van der Waals surface area contributed by atoms with Gasteiger partial charge in [-0.2, -0.15) is 0 Å². The lowest BCUT2D eigenvalue weighted by Crippen LogP contribution is -2.17. The van der Waals surface area contributed by atoms with E-state index < -0.39 is 13.9 Å². The lowest BCUT2D eigenvalue weighted by molar-refractivity contribution is 0.129. The second kappa shape index (κ2) is 5.60. The van der Waals surface area contributed by atoms with Gasteiger partial charge in [-0.25, -0.2) is 14.5 Å². The molecule has 0 spiro atoms. The first-order valence-electron chi connectivity index (χ1n) is 6.80. The van der Waals surface area contributed by atoms with Crippen LogP contribution in [0.5, 0.6) is 0 Å². The molecule has 22 heavy (non-hydrogen) atoms. The minimum absolute atomic E-state index is 0.0891. The summed E-state index contributed by atoms with van der Waals surface area (Å²) >= 11 is 0. The van der Waals surface area contributed by atoms with Crippen molar-refractivity contribution < 1.29 is 24.0 Å². The third-order valence-electron chi connectivity index (χ3n) is 3.97. The minimum atomic E-state index is -4.49. The van der Waals surface area contributed by atoms with E-state index in [1.807, 2.05) is 4.57 Å². The molecule has 1 aliphatic rings. The fourth-order valence-corrected chi connectivity index (χ4v) is 3.39. The van der Waals surface area contributed by atoms with Crippen molar-refractivity contribution in [2.75, 3.05) is 12.3 Å². The van der Waals surface area contributed by atoms with Crippen LogP contribution >= 0.6 is 7.82 Å². The van der Waals surface area contributed by atoms with Crippen molar-refractivity contribution in [3.05, 3.63) is 18.6 Å². The largest absolute Gasteiger partial charge is 0.469 e. The highest BCUT2D eigenvalue weighted by Gasteiger charge is 2.36. The Morgan fingerprint density at radius 2 is 2.18 bits per heavy atom. The van der Waals surface area contributed by atoms with Crippen LogP contribution in [0.2, 0.25) is 0 Å². The van der Waals surface area contributed by atoms with Crippen LogP contribution in [0.1, 0.15) is 18.9 Å². The molecule has 0 bridgehead atoms. The minimum Gasteiger partial charge on any atom is -0.391 e. The molecule has 3 atom stereocenters. The van der Waals surface area contributed by atoms with E-state index in [-0.39, 0.29) is 18.6 Å². The molecule has 2 aromatic rings. The molecule has 1 saturated carbocycles. The average molecular weight is 328 g/mol. The normalized spacial score (nSPS) is 25.9. The number of phosphoric ester groups is 1. The zero-order valence-corrected chi connectivity index (χ0v) is 12.5. The van der Waals surface area contributed by atoms with Gasteiger partial charge in [0.25, 0.3) is 0 Å². The molecular formula is C12H17N4O5P. The van der Waals surface area contributed by atoms with E-state index in [0.717, 1.165) is 0 Å². The first-order valence-corrected chi connectivity index (χ1v) is 8.33. The van der Waals surface area contributed by atoms with Gasteiger partial charge in [-0.1, -0.05) is 0 Å². The van der Waals surface area contributed by atoms with Crippen molar-refractivity contribution in [3.63, 3.8) is 0 Å². The molecule has 3 rings (SSSR count). The van der Waals surface area contributed by atoms with Gasteiger partial charge in [-0.05, 0) is 24.8 Å². The Hall–Kier alpha value is -1.51. The second-order valence-electron chi connectivity index (χ2n) is 5.48. The van der Waals surface area contributed by atoms with Crippen LogP contribution in [0.3, 0.4) is 0 Å². The Morgan fingerprint density at radius 1 is 1.41 bits per heavy atom. The summed E-state index contributed by atoms with van der Waals surface area (Å²) in [6.07, 6.45) is 3.46. The quantitative estimate of drug-likeness (QED) is 0.592. The molecule has 0 amide bonds. The van der Waals surface area contributed by atoms with Gasteiger partial charge in [0, 0.05) is 6.20 Å². The SMILES string of the molecule is Nc1ncnc2c1ccn2[C@@H]1C[C@H](COP(=O)(O)O)C[C@H]1O. The van der Waals surface area contributed by atoms with Crippen molar-refractivity contribution in [1.29, 1.82) is 0 Å². The van der Waals surface area contributed by atoms with Crippen molar-refractivity contribution >= 4 is 24.7 Å². The molecule has 0 unspecified atom stereocenters. The summed E-state index contributed by atoms with van der Waals surface area (Å²) in [5.74, 6) is 0.238. The fourth-order valence-electron chi connectivity index (χ4n) is 2.99. The third kappa shape index (κ3) is 2.99. The van der Waals surface area contributed by atoms with Crippen LogP contribution < -0.4 is 5.73 Å². The van der Waals surface area contributed by atoms with E-state index in [1.54, 1.807) is 12.3 Å². The second-order valence-corrected chi connectivity index (χ2v) is 6.72. The van der Waals surface area contributed by atoms with Gasteiger partial charge < -0.3 is 25.2 Å². The number of fused-ring (bicyclic) bond motifs is 1. The van der Waals surface area contributed by atoms with Crippen LogP contribution in [0.15, 0.2) is 18.6 Å². The highest BCUT2D eigenvalue weighted by atomic mass is 31.2. The molecular weight excluding hydrogens is 311 g/mol. The molecule has 2 aromatic heterocycles. The van der Waals surface area contributed by atoms with Gasteiger partial charge in [0.1, 0.15) is 17.8 Å². The topological polar surface area (TPSA) is 144 Å². The van der Waals surface area contributed by atoms with Crippen LogP contribution in [0, 0.1) is 5.92 Å². The Morgan fingerprint density at radius 3 is 2.91 bits per heavy atom. The van der Waals surface area contributed by atoms with E-state index in [2.05, 4.69) is 14.5 Å². The first kappa shape index (κ1) is 15.4. The number of nitrogens with two attached hydrogens (primary N) is 1. The van der Waals surface area contributed by atoms with Crippen molar-refractivity contribution in [1.82, 2.24) is 14.5 Å². The first-order chi connectivity index (χ1) is 10.3. The van der Waals surface area contributed by atoms with E-state index >= 15 is 0 Å². The van der Waals surface area contributed by atoms with E-state index in [4.69, 9.17) is 15.5 Å². The highest BCUT2D eigenvalue weighted by molar-refractivity contribution is 7.46. The lowest BCUT2D eigenvalue weighted by atomic mass is 10.1. The number of anilines is 1. The predicted molar refractivity (Wildman–Crippen MR) is 77.7 cm³/mol. The van der Waals surface area contributed by atoms with Crippen LogP contribution in [0.4, 0.5) is 5.82 Å². The third-order valence-corrected chi connectivity index (χ3v) is 4.46. The van der Waals surface area contributed by atoms with Gasteiger partial charge >= 0.3 is 7.82 Å². The van der Waals surface area contributed by atoms with Crippen molar-refractivity contribution in [2.24, 2.45) is 5.92 Å². The van der Waals surface area contributed by atoms with E-state index in [1.165, 1.54) is 6.33 Å². The molecule has 5 N–H and O–H groups in total. The molecule has 2 heterocycles. The molecule has 120 valence electrons. The summed E-state index contributed by atoms with van der Waals surface area (Å²) in [7, 11) is -4.49. The smallest absolute Gasteiger partial charge is 0.391 e. The maximum Gasteiger partial charge on any atom is 0.469 e. The van der Waals surface area contributed by atoms with Crippen molar-refractivity contribution in [2.45, 2.75) is 25.0 Å². The van der Waals surface area contributed by atoms with Gasteiger partial charge in [-0.3, -0.25) is 4.52 Å². The molecule has 9 nitrogen and oxygen atoms in total. The molecule has 1 fully saturated rings. The maximum atomic E-state index is 10.8. The zero-order chi connectivity index (χ0) is 15.9. The number of hydrogen-bond acceptors (Lipinski definition) is 6. The summed E-state index contributed by atoms with van der Waals surface area (Å²) < 4.78 is 17.1. The highest BCUT2D eigenvalue weighted by Crippen LogP contribution is 2.41. The number of nitrogen functional groups attached to an aromatic ring is 1. The zero-order valence-electron chi connectivity index (χ0n) is 11.6. The Bertz CT molecular complexity index is 729. The van der Waals surface area contributed by atoms with E-state index in [9.17, 15) is 9.67 Å². The van der Waals surface area contributed by atoms with Crippen molar-refractivity contribution in [3.8, 4) is 0 Å². The standard InChI is InChI=1S/C12H17N4O5P/c13-11-8-1-2-16(12(8)15-6-14-11)9-3-7(4-10(9)17)5-21-22(18,19)20/h1-2,6-7,9-10,17H,3-5H2,(H2,13,14,15)(H2,18,19,20)/t7-,9+,10+/m0/s1. The summed E-state index contributed by atoms with van der Waals surface area (Å²) in [6, 6.07) is 1.55. The molecule has 1 aliphatic carbocycles. The molecule has 10 heteroatoms. The maximum absolute atomic E-state index is 10.8. The van der Waals surface area contributed by atoms with Gasteiger partial charge in [0.15, 0.2) is 0 Å². The average Bonchev–Trinajstić information content (AvgIpc) is 3.00. The fraction of sp³-hybridized carbons (Fsp3) is 0.500. The molecule has 0 radical (unpaired) electrons. The lowest BCUT2D eigenvalue weighted by Gasteiger charge is -2.17. The van der Waals surface area contributed by atoms with Crippen LogP contribution in [0.25, 0.3) is 11.0 Å². The number of aliphatic hydroxyl groups is 1. The molecule has 0 aromatic carbocycles. The number of nitrogens with zero attached hydrogens (tertiary/aromatic N) is 3. The molecule has 0 saturated heterocycles. The summed E-state index contributed by atoms with van der Waals surface area (Å²) in [5, 5.41) is 11.0. The Balaban J connectivity index is 1.80. The Labute approximate surface area is 126 Å². The predicted octanol–water partition coefficient (Wildman–Crippen LogP) is 0.435. The van der Waals surface area contributed by atoms with E-state index in [0.29, 0.717) is 29.7 Å². The van der Waals surface area contributed by atoms with Gasteiger partial charge in [-0.15, -0.1) is 0 Å². The van der Waals surface area contributed by atoms with Crippen LogP contribution in [-0.4, -0.2) is 42.1 Å². The number of phosphoric acid groups is 1. The monoisotopic (exact) mass is 328 g/mol. The van der Waals surface area contributed by atoms with Crippen LogP contribution in [-0.2, 0) is 9.09 Å². The number of aliphatic hydroxyl groups excluding tert-OH is 1. The summed E-state index contributed by atoms with van der Waals surface area (Å²) in [5.41, 5.74) is 6.42. The number of hydrogen-bond donors (Lipinski definition) is 4. The number of aromatic nitrogens is 3.